The first-order chi connectivity index (χ1) is 30.9. The molecule has 3 unspecified atom stereocenters. The molecule has 0 amide bonds. The number of esters is 3. The molecule has 0 heterocycles. The molecule has 9 heteroatoms. The average Bonchev–Trinajstić information content (AvgIpc) is 3.28. The van der Waals surface area contributed by atoms with Gasteiger partial charge in [-0.3, -0.25) is 14.4 Å². The van der Waals surface area contributed by atoms with Crippen LogP contribution in [0.1, 0.15) is 240 Å². The van der Waals surface area contributed by atoms with Gasteiger partial charge in [0.15, 0.2) is 6.29 Å². The molecule has 1 aliphatic rings. The van der Waals surface area contributed by atoms with Crippen LogP contribution in [0.5, 0.6) is 0 Å². The van der Waals surface area contributed by atoms with Crippen LogP contribution in [0.3, 0.4) is 0 Å². The van der Waals surface area contributed by atoms with E-state index in [0.717, 1.165) is 96.7 Å². The summed E-state index contributed by atoms with van der Waals surface area (Å²) in [4.78, 5) is 41.6. The van der Waals surface area contributed by atoms with E-state index in [-0.39, 0.29) is 30.2 Å². The van der Waals surface area contributed by atoms with Crippen LogP contribution in [0.2, 0.25) is 0 Å². The lowest BCUT2D eigenvalue weighted by molar-refractivity contribution is -0.177. The molecule has 0 aliphatic heterocycles. The molecule has 1 saturated carbocycles. The third kappa shape index (κ3) is 35.7. The number of hydrogen-bond acceptors (Lipinski definition) is 9. The summed E-state index contributed by atoms with van der Waals surface area (Å²) < 4.78 is 30.1. The van der Waals surface area contributed by atoms with Gasteiger partial charge < -0.3 is 28.6 Å². The zero-order valence-electron chi connectivity index (χ0n) is 41.7. The molecule has 0 bridgehead atoms. The highest BCUT2D eigenvalue weighted by atomic mass is 16.7. The highest BCUT2D eigenvalue weighted by molar-refractivity contribution is 5.71. The molecule has 1 aliphatic carbocycles. The van der Waals surface area contributed by atoms with E-state index in [0.29, 0.717) is 58.3 Å². The van der Waals surface area contributed by atoms with Crippen LogP contribution in [0.25, 0.3) is 0 Å². The summed E-state index contributed by atoms with van der Waals surface area (Å²) >= 11 is 0. The molecular weight excluding hydrogens is 791 g/mol. The monoisotopic (exact) mass is 890 g/mol. The third-order valence-corrected chi connectivity index (χ3v) is 12.5. The van der Waals surface area contributed by atoms with E-state index in [1.54, 1.807) is 0 Å². The Morgan fingerprint density at radius 3 is 1.67 bits per heavy atom. The Bertz CT molecular complexity index is 1110. The first-order valence-corrected chi connectivity index (χ1v) is 26.7. The first kappa shape index (κ1) is 58.8. The molecule has 0 radical (unpaired) electrons. The van der Waals surface area contributed by atoms with E-state index in [1.807, 2.05) is 0 Å². The molecule has 0 aromatic carbocycles. The second-order valence-electron chi connectivity index (χ2n) is 18.1. The van der Waals surface area contributed by atoms with Crippen molar-refractivity contribution in [2.75, 3.05) is 39.5 Å². The van der Waals surface area contributed by atoms with Gasteiger partial charge >= 0.3 is 17.9 Å². The molecule has 368 valence electrons. The summed E-state index contributed by atoms with van der Waals surface area (Å²) in [6.45, 7) is 15.6. The largest absolute Gasteiger partial charge is 0.466 e. The fraction of sp³-hybridized carbons (Fsp3) is 0.870. The van der Waals surface area contributed by atoms with E-state index in [4.69, 9.17) is 23.7 Å². The van der Waals surface area contributed by atoms with Crippen LogP contribution < -0.4 is 0 Å². The summed E-state index contributed by atoms with van der Waals surface area (Å²) in [6, 6.07) is 0. The van der Waals surface area contributed by atoms with Gasteiger partial charge in [-0.05, 0) is 102 Å². The number of ether oxygens (including phenoxy) is 5. The van der Waals surface area contributed by atoms with Crippen molar-refractivity contribution >= 4 is 17.9 Å². The van der Waals surface area contributed by atoms with Crippen molar-refractivity contribution in [3.63, 3.8) is 0 Å². The second-order valence-corrected chi connectivity index (χ2v) is 18.1. The Kier molecular flexibility index (Phi) is 40.7. The molecule has 9 nitrogen and oxygen atoms in total. The zero-order chi connectivity index (χ0) is 45.9. The van der Waals surface area contributed by atoms with Gasteiger partial charge in [0, 0.05) is 39.0 Å². The minimum Gasteiger partial charge on any atom is -0.466 e. The molecule has 0 aromatic rings. The van der Waals surface area contributed by atoms with Crippen molar-refractivity contribution in [1.82, 2.24) is 4.90 Å². The molecule has 0 N–H and O–H groups in total. The minimum atomic E-state index is -0.540. The molecule has 1 rings (SSSR count). The summed E-state index contributed by atoms with van der Waals surface area (Å²) in [6.07, 6.45) is 39.1. The van der Waals surface area contributed by atoms with Gasteiger partial charge in [0.05, 0.1) is 13.0 Å². The molecular formula is C54H99NO8. The smallest absolute Gasteiger partial charge is 0.306 e. The number of unbranched alkanes of at least 4 members (excludes halogenated alkanes) is 18. The Labute approximate surface area is 388 Å². The number of hydrogen-bond donors (Lipinski definition) is 0. The lowest BCUT2D eigenvalue weighted by atomic mass is 9.82. The predicted molar refractivity (Wildman–Crippen MR) is 261 cm³/mol. The van der Waals surface area contributed by atoms with Crippen LogP contribution >= 0.6 is 0 Å². The molecule has 0 aromatic heterocycles. The predicted octanol–water partition coefficient (Wildman–Crippen LogP) is 14.3. The molecule has 0 saturated heterocycles. The van der Waals surface area contributed by atoms with Gasteiger partial charge in [-0.25, -0.2) is 0 Å². The molecule has 3 atom stereocenters. The molecule has 0 spiro atoms. The summed E-state index contributed by atoms with van der Waals surface area (Å²) in [7, 11) is 0. The van der Waals surface area contributed by atoms with E-state index < -0.39 is 18.5 Å². The van der Waals surface area contributed by atoms with Crippen LogP contribution in [0, 0.1) is 5.92 Å². The normalized spacial score (nSPS) is 16.8. The van der Waals surface area contributed by atoms with E-state index in [2.05, 4.69) is 63.8 Å². The van der Waals surface area contributed by atoms with Crippen molar-refractivity contribution in [3.05, 3.63) is 24.3 Å². The van der Waals surface area contributed by atoms with Crippen molar-refractivity contribution in [3.8, 4) is 0 Å². The third-order valence-electron chi connectivity index (χ3n) is 12.5. The van der Waals surface area contributed by atoms with Crippen LogP contribution in [-0.2, 0) is 38.1 Å². The van der Waals surface area contributed by atoms with E-state index >= 15 is 0 Å². The van der Waals surface area contributed by atoms with Gasteiger partial charge in [0.2, 0.25) is 0 Å². The summed E-state index contributed by atoms with van der Waals surface area (Å²) in [5.74, 6) is -0.539. The Balaban J connectivity index is 2.68. The highest BCUT2D eigenvalue weighted by Crippen LogP contribution is 2.33. The lowest BCUT2D eigenvalue weighted by Crippen LogP contribution is -2.40. The van der Waals surface area contributed by atoms with Crippen molar-refractivity contribution < 1.29 is 38.1 Å². The Morgan fingerprint density at radius 2 is 1.05 bits per heavy atom. The van der Waals surface area contributed by atoms with Gasteiger partial charge in [-0.1, -0.05) is 155 Å². The van der Waals surface area contributed by atoms with E-state index in [1.165, 1.54) is 83.5 Å². The van der Waals surface area contributed by atoms with Crippen LogP contribution in [0.4, 0.5) is 0 Å². The highest BCUT2D eigenvalue weighted by Gasteiger charge is 2.36. The van der Waals surface area contributed by atoms with Crippen LogP contribution in [-0.4, -0.2) is 80.8 Å². The van der Waals surface area contributed by atoms with Crippen molar-refractivity contribution in [2.24, 2.45) is 5.92 Å². The SMILES string of the molecule is CCCCC/C=C\C/C=C\CCCCCCCC(=O)OC1CCC(CCC(=O)OCCCN(CC)CC)CC1OC(=O)CCC(OCCCCCCCC)OCCCCCCCC. The van der Waals surface area contributed by atoms with Gasteiger partial charge in [-0.2, -0.15) is 0 Å². The zero-order valence-corrected chi connectivity index (χ0v) is 41.7. The number of nitrogens with zero attached hydrogens (tertiary/aromatic N) is 1. The molecule has 63 heavy (non-hydrogen) atoms. The van der Waals surface area contributed by atoms with Gasteiger partial charge in [-0.15, -0.1) is 0 Å². The van der Waals surface area contributed by atoms with Gasteiger partial charge in [0.1, 0.15) is 12.2 Å². The first-order valence-electron chi connectivity index (χ1n) is 26.7. The number of rotatable bonds is 44. The number of allylic oxidation sites excluding steroid dienone is 4. The maximum absolute atomic E-state index is 13.5. The van der Waals surface area contributed by atoms with Crippen molar-refractivity contribution in [2.45, 2.75) is 259 Å². The maximum Gasteiger partial charge on any atom is 0.306 e. The van der Waals surface area contributed by atoms with Gasteiger partial charge in [0.25, 0.3) is 0 Å². The number of carbonyl (C=O) groups is 3. The fourth-order valence-electron chi connectivity index (χ4n) is 8.29. The summed E-state index contributed by atoms with van der Waals surface area (Å²) in [5, 5.41) is 0. The molecule has 1 fully saturated rings. The standard InChI is InChI=1S/C54H99NO8/c1-6-11-14-17-20-21-22-23-24-25-26-27-28-29-32-36-52(57)62-49-39-37-48(38-40-51(56)59-46-35-43-55(9-4)10-5)47-50(49)63-53(58)41-42-54(60-44-33-30-18-15-12-7-2)61-45-34-31-19-16-13-8-3/h20-21,23-24,48-50,54H,6-19,22,25-47H2,1-5H3/b21-20-,24-23-. The number of carbonyl (C=O) groups excluding carboxylic acids is 3. The minimum absolute atomic E-state index is 0.172. The van der Waals surface area contributed by atoms with Crippen LogP contribution in [0.15, 0.2) is 24.3 Å². The topological polar surface area (TPSA) is 101 Å². The van der Waals surface area contributed by atoms with Crippen molar-refractivity contribution in [1.29, 1.82) is 0 Å². The fourth-order valence-corrected chi connectivity index (χ4v) is 8.29. The Morgan fingerprint density at radius 1 is 0.524 bits per heavy atom. The quantitative estimate of drug-likeness (QED) is 0.0195. The van der Waals surface area contributed by atoms with E-state index in [9.17, 15) is 14.4 Å². The Hall–Kier alpha value is -2.23. The second kappa shape index (κ2) is 43.7. The lowest BCUT2D eigenvalue weighted by Gasteiger charge is -2.35. The summed E-state index contributed by atoms with van der Waals surface area (Å²) in [5.41, 5.74) is 0. The maximum atomic E-state index is 13.5. The average molecular weight is 890 g/mol.